The summed E-state index contributed by atoms with van der Waals surface area (Å²) in [7, 11) is 1.43. The van der Waals surface area contributed by atoms with E-state index < -0.39 is 17.2 Å². The molecule has 0 aromatic heterocycles. The summed E-state index contributed by atoms with van der Waals surface area (Å²) in [5.41, 5.74) is 1.81. The molecule has 1 fully saturated rings. The van der Waals surface area contributed by atoms with Crippen molar-refractivity contribution in [3.63, 3.8) is 0 Å². The number of aliphatic imine (C=N–C) groups is 1. The van der Waals surface area contributed by atoms with Gasteiger partial charge in [-0.15, -0.1) is 0 Å². The molecule has 6 heteroatoms. The van der Waals surface area contributed by atoms with E-state index in [2.05, 4.69) is 5.32 Å². The second-order valence-electron chi connectivity index (χ2n) is 7.41. The number of aliphatic hydroxyl groups excluding tert-OH is 1. The first-order valence-corrected chi connectivity index (χ1v) is 8.97. The Balaban J connectivity index is 2.19. The lowest BCUT2D eigenvalue weighted by molar-refractivity contribution is -0.127. The number of likely N-dealkylation sites (N-methyl/N-ethyl adjacent to an activating group) is 1. The average Bonchev–Trinajstić information content (AvgIpc) is 3.14. The van der Waals surface area contributed by atoms with Gasteiger partial charge < -0.3 is 15.3 Å². The number of benzene rings is 1. The van der Waals surface area contributed by atoms with Crippen molar-refractivity contribution in [3.8, 4) is 0 Å². The number of carbonyl (C=O) groups is 2. The Kier molecular flexibility index (Phi) is 4.85. The standard InChI is InChI=1S/C20H25N3O3/c1-20(2)12-13-8-4-5-9-14(13)16(22-20)15(17(24)18(25)21-3)19(26)23-10-6-7-11-23/h4-5,8-9,24H,6-7,10-12H2,1-3H3,(H,21,25)/b17-15+. The summed E-state index contributed by atoms with van der Waals surface area (Å²) in [5, 5.41) is 13.0. The van der Waals surface area contributed by atoms with E-state index in [1.807, 2.05) is 38.1 Å². The van der Waals surface area contributed by atoms with E-state index in [-0.39, 0.29) is 11.5 Å². The maximum absolute atomic E-state index is 13.2. The molecule has 0 bridgehead atoms. The number of rotatable bonds is 3. The van der Waals surface area contributed by atoms with Gasteiger partial charge in [-0.1, -0.05) is 24.3 Å². The number of aliphatic hydroxyl groups is 1. The third kappa shape index (κ3) is 3.36. The molecule has 0 unspecified atom stereocenters. The van der Waals surface area contributed by atoms with Crippen molar-refractivity contribution in [2.75, 3.05) is 20.1 Å². The van der Waals surface area contributed by atoms with Crippen LogP contribution in [0.3, 0.4) is 0 Å². The molecule has 138 valence electrons. The molecule has 2 aliphatic heterocycles. The van der Waals surface area contributed by atoms with Crippen LogP contribution in [0.25, 0.3) is 0 Å². The zero-order valence-electron chi connectivity index (χ0n) is 15.5. The van der Waals surface area contributed by atoms with Crippen molar-refractivity contribution in [2.45, 2.75) is 38.6 Å². The number of nitrogens with one attached hydrogen (secondary N) is 1. The summed E-state index contributed by atoms with van der Waals surface area (Å²) >= 11 is 0. The van der Waals surface area contributed by atoms with Gasteiger partial charge in [0.2, 0.25) is 0 Å². The highest BCUT2D eigenvalue weighted by Gasteiger charge is 2.35. The number of amides is 2. The summed E-state index contributed by atoms with van der Waals surface area (Å²) in [6.45, 7) is 5.22. The number of hydrogen-bond donors (Lipinski definition) is 2. The minimum absolute atomic E-state index is 0.00789. The summed E-state index contributed by atoms with van der Waals surface area (Å²) < 4.78 is 0. The molecule has 26 heavy (non-hydrogen) atoms. The van der Waals surface area contributed by atoms with Gasteiger partial charge in [-0.25, -0.2) is 0 Å². The Morgan fingerprint density at radius 1 is 1.19 bits per heavy atom. The van der Waals surface area contributed by atoms with Gasteiger partial charge in [-0.05, 0) is 38.7 Å². The highest BCUT2D eigenvalue weighted by atomic mass is 16.3. The quantitative estimate of drug-likeness (QED) is 0.643. The first-order valence-electron chi connectivity index (χ1n) is 8.97. The normalized spacial score (nSPS) is 19.3. The second kappa shape index (κ2) is 6.94. The minimum Gasteiger partial charge on any atom is -0.502 e. The van der Waals surface area contributed by atoms with Crippen LogP contribution >= 0.6 is 0 Å². The van der Waals surface area contributed by atoms with E-state index in [1.54, 1.807) is 4.90 Å². The molecule has 2 aliphatic rings. The zero-order chi connectivity index (χ0) is 18.9. The second-order valence-corrected chi connectivity index (χ2v) is 7.41. The Labute approximate surface area is 153 Å². The predicted octanol–water partition coefficient (Wildman–Crippen LogP) is 1.99. The van der Waals surface area contributed by atoms with Gasteiger partial charge in [0.1, 0.15) is 5.57 Å². The molecule has 0 aliphatic carbocycles. The number of likely N-dealkylation sites (tertiary alicyclic amines) is 1. The van der Waals surface area contributed by atoms with Gasteiger partial charge in [0.15, 0.2) is 5.76 Å². The van der Waals surface area contributed by atoms with E-state index in [0.29, 0.717) is 18.8 Å². The fourth-order valence-corrected chi connectivity index (χ4v) is 3.59. The maximum atomic E-state index is 13.2. The van der Waals surface area contributed by atoms with Crippen molar-refractivity contribution in [3.05, 3.63) is 46.7 Å². The average molecular weight is 355 g/mol. The summed E-state index contributed by atoms with van der Waals surface area (Å²) in [5.74, 6) is -1.60. The van der Waals surface area contributed by atoms with Crippen LogP contribution in [0, 0.1) is 0 Å². The highest BCUT2D eigenvalue weighted by Crippen LogP contribution is 2.31. The molecule has 2 amide bonds. The maximum Gasteiger partial charge on any atom is 0.286 e. The van der Waals surface area contributed by atoms with Gasteiger partial charge >= 0.3 is 0 Å². The van der Waals surface area contributed by atoms with E-state index in [0.717, 1.165) is 30.4 Å². The zero-order valence-corrected chi connectivity index (χ0v) is 15.5. The largest absolute Gasteiger partial charge is 0.502 e. The van der Waals surface area contributed by atoms with Gasteiger partial charge in [-0.2, -0.15) is 0 Å². The van der Waals surface area contributed by atoms with Gasteiger partial charge in [0.25, 0.3) is 11.8 Å². The van der Waals surface area contributed by atoms with Crippen LogP contribution in [-0.2, 0) is 16.0 Å². The SMILES string of the molecule is CNC(=O)/C(O)=C(\C(=O)N1CCCC1)C1=NC(C)(C)Cc2ccccc21. The van der Waals surface area contributed by atoms with Crippen LogP contribution in [0.1, 0.15) is 37.8 Å². The molecule has 2 N–H and O–H groups in total. The van der Waals surface area contributed by atoms with Gasteiger partial charge in [-0.3, -0.25) is 14.6 Å². The fourth-order valence-electron chi connectivity index (χ4n) is 3.59. The van der Waals surface area contributed by atoms with Crippen LogP contribution in [-0.4, -0.2) is 53.2 Å². The molecular formula is C20H25N3O3. The third-order valence-electron chi connectivity index (χ3n) is 4.83. The van der Waals surface area contributed by atoms with E-state index >= 15 is 0 Å². The molecule has 1 saturated heterocycles. The van der Waals surface area contributed by atoms with Crippen molar-refractivity contribution in [1.29, 1.82) is 0 Å². The molecule has 6 nitrogen and oxygen atoms in total. The van der Waals surface area contributed by atoms with Crippen LogP contribution in [0.2, 0.25) is 0 Å². The number of fused-ring (bicyclic) bond motifs is 1. The molecule has 0 atom stereocenters. The van der Waals surface area contributed by atoms with E-state index in [9.17, 15) is 14.7 Å². The Hall–Kier alpha value is -2.63. The van der Waals surface area contributed by atoms with Crippen molar-refractivity contribution in [1.82, 2.24) is 10.2 Å². The summed E-state index contributed by atoms with van der Waals surface area (Å²) in [6, 6.07) is 7.71. The smallest absolute Gasteiger partial charge is 0.286 e. The minimum atomic E-state index is -0.684. The van der Waals surface area contributed by atoms with Gasteiger partial charge in [0.05, 0.1) is 11.3 Å². The van der Waals surface area contributed by atoms with E-state index in [4.69, 9.17) is 4.99 Å². The number of carbonyl (C=O) groups excluding carboxylic acids is 2. The molecular weight excluding hydrogens is 330 g/mol. The highest BCUT2D eigenvalue weighted by molar-refractivity contribution is 6.31. The van der Waals surface area contributed by atoms with Crippen molar-refractivity contribution >= 4 is 17.5 Å². The van der Waals surface area contributed by atoms with Crippen molar-refractivity contribution < 1.29 is 14.7 Å². The molecule has 0 radical (unpaired) electrons. The number of hydrogen-bond acceptors (Lipinski definition) is 4. The fraction of sp³-hybridized carbons (Fsp3) is 0.450. The first kappa shape index (κ1) is 18.2. The Bertz CT molecular complexity index is 802. The predicted molar refractivity (Wildman–Crippen MR) is 100 cm³/mol. The monoisotopic (exact) mass is 355 g/mol. The molecule has 3 rings (SSSR count). The van der Waals surface area contributed by atoms with E-state index in [1.165, 1.54) is 7.05 Å². The summed E-state index contributed by atoms with van der Waals surface area (Å²) in [4.78, 5) is 31.8. The lowest BCUT2D eigenvalue weighted by Crippen LogP contribution is -2.38. The van der Waals surface area contributed by atoms with Crippen LogP contribution in [0.5, 0.6) is 0 Å². The molecule has 0 spiro atoms. The third-order valence-corrected chi connectivity index (χ3v) is 4.83. The summed E-state index contributed by atoms with van der Waals surface area (Å²) in [6.07, 6.45) is 2.58. The molecule has 1 aromatic carbocycles. The Morgan fingerprint density at radius 3 is 2.50 bits per heavy atom. The van der Waals surface area contributed by atoms with Gasteiger partial charge in [0, 0.05) is 25.7 Å². The molecule has 1 aromatic rings. The van der Waals surface area contributed by atoms with Crippen LogP contribution < -0.4 is 5.32 Å². The lowest BCUT2D eigenvalue weighted by Gasteiger charge is -2.30. The molecule has 0 saturated carbocycles. The number of nitrogens with zero attached hydrogens (tertiary/aromatic N) is 2. The topological polar surface area (TPSA) is 82.0 Å². The molecule has 2 heterocycles. The van der Waals surface area contributed by atoms with Crippen LogP contribution in [0.4, 0.5) is 0 Å². The Morgan fingerprint density at radius 2 is 1.85 bits per heavy atom. The lowest BCUT2D eigenvalue weighted by atomic mass is 9.84. The van der Waals surface area contributed by atoms with Crippen LogP contribution in [0.15, 0.2) is 40.6 Å². The first-order chi connectivity index (χ1) is 12.3. The van der Waals surface area contributed by atoms with Crippen molar-refractivity contribution in [2.24, 2.45) is 4.99 Å².